The number of nitrogens with one attached hydrogen (secondary N) is 1. The monoisotopic (exact) mass is 254 g/mol. The highest BCUT2D eigenvalue weighted by molar-refractivity contribution is 5.72. The standard InChI is InChI=1S/C12H18N2O4/c1-8(16)13-5-4-11(17)12(18)10-3-2-9(7-15)6-14-10/h2-3,6,11-12,15,17-18H,4-5,7H2,1H3,(H,13,16). The molecule has 1 aromatic heterocycles. The lowest BCUT2D eigenvalue weighted by Gasteiger charge is -2.17. The Morgan fingerprint density at radius 1 is 1.44 bits per heavy atom. The second-order valence-electron chi connectivity index (χ2n) is 4.03. The first-order valence-corrected chi connectivity index (χ1v) is 5.71. The fourth-order valence-electron chi connectivity index (χ4n) is 1.46. The van der Waals surface area contributed by atoms with Crippen molar-refractivity contribution in [3.05, 3.63) is 29.6 Å². The van der Waals surface area contributed by atoms with Crippen LogP contribution < -0.4 is 5.32 Å². The molecule has 18 heavy (non-hydrogen) atoms. The van der Waals surface area contributed by atoms with E-state index >= 15 is 0 Å². The molecule has 6 nitrogen and oxygen atoms in total. The van der Waals surface area contributed by atoms with Crippen molar-refractivity contribution in [2.45, 2.75) is 32.2 Å². The number of aliphatic hydroxyl groups is 3. The van der Waals surface area contributed by atoms with Gasteiger partial charge in [-0.15, -0.1) is 0 Å². The first kappa shape index (κ1) is 14.6. The summed E-state index contributed by atoms with van der Waals surface area (Å²) < 4.78 is 0. The van der Waals surface area contributed by atoms with E-state index in [1.54, 1.807) is 12.1 Å². The fraction of sp³-hybridized carbons (Fsp3) is 0.500. The second kappa shape index (κ2) is 7.05. The van der Waals surface area contributed by atoms with E-state index < -0.39 is 12.2 Å². The van der Waals surface area contributed by atoms with E-state index in [-0.39, 0.29) is 18.9 Å². The Hall–Kier alpha value is -1.50. The summed E-state index contributed by atoms with van der Waals surface area (Å²) >= 11 is 0. The molecule has 1 amide bonds. The molecule has 4 N–H and O–H groups in total. The van der Waals surface area contributed by atoms with E-state index in [2.05, 4.69) is 10.3 Å². The van der Waals surface area contributed by atoms with Crippen molar-refractivity contribution in [3.63, 3.8) is 0 Å². The summed E-state index contributed by atoms with van der Waals surface area (Å²) in [5.41, 5.74) is 0.973. The molecule has 0 radical (unpaired) electrons. The van der Waals surface area contributed by atoms with Gasteiger partial charge >= 0.3 is 0 Å². The largest absolute Gasteiger partial charge is 0.392 e. The van der Waals surface area contributed by atoms with Gasteiger partial charge in [0.25, 0.3) is 0 Å². The van der Waals surface area contributed by atoms with E-state index in [0.29, 0.717) is 17.8 Å². The molecule has 1 aromatic rings. The van der Waals surface area contributed by atoms with Crippen molar-refractivity contribution in [1.82, 2.24) is 10.3 Å². The van der Waals surface area contributed by atoms with E-state index in [0.717, 1.165) is 0 Å². The fourth-order valence-corrected chi connectivity index (χ4v) is 1.46. The van der Waals surface area contributed by atoms with Gasteiger partial charge in [-0.05, 0) is 18.1 Å². The highest BCUT2D eigenvalue weighted by atomic mass is 16.3. The van der Waals surface area contributed by atoms with Gasteiger partial charge in [-0.3, -0.25) is 9.78 Å². The zero-order valence-corrected chi connectivity index (χ0v) is 10.2. The SMILES string of the molecule is CC(=O)NCCC(O)C(O)c1ccc(CO)cn1. The lowest BCUT2D eigenvalue weighted by atomic mass is 10.1. The van der Waals surface area contributed by atoms with Crippen LogP contribution in [0.2, 0.25) is 0 Å². The second-order valence-corrected chi connectivity index (χ2v) is 4.03. The summed E-state index contributed by atoms with van der Waals surface area (Å²) in [6.07, 6.45) is -0.417. The molecule has 0 bridgehead atoms. The van der Waals surface area contributed by atoms with E-state index in [4.69, 9.17) is 5.11 Å². The summed E-state index contributed by atoms with van der Waals surface area (Å²) in [5.74, 6) is -0.179. The van der Waals surface area contributed by atoms with Gasteiger partial charge in [-0.2, -0.15) is 0 Å². The van der Waals surface area contributed by atoms with Gasteiger partial charge in [0.1, 0.15) is 6.10 Å². The maximum Gasteiger partial charge on any atom is 0.216 e. The molecule has 0 aliphatic carbocycles. The molecule has 100 valence electrons. The van der Waals surface area contributed by atoms with Crippen LogP contribution in [-0.2, 0) is 11.4 Å². The number of hydrogen-bond donors (Lipinski definition) is 4. The van der Waals surface area contributed by atoms with Gasteiger partial charge in [0.15, 0.2) is 0 Å². The molecule has 0 aliphatic heterocycles. The van der Waals surface area contributed by atoms with Crippen molar-refractivity contribution in [2.24, 2.45) is 0 Å². The summed E-state index contributed by atoms with van der Waals surface area (Å²) in [6, 6.07) is 3.18. The zero-order valence-electron chi connectivity index (χ0n) is 10.2. The third-order valence-corrected chi connectivity index (χ3v) is 2.51. The van der Waals surface area contributed by atoms with Gasteiger partial charge in [0, 0.05) is 19.7 Å². The average molecular weight is 254 g/mol. The topological polar surface area (TPSA) is 103 Å². The molecular formula is C12H18N2O4. The van der Waals surface area contributed by atoms with Gasteiger partial charge in [-0.25, -0.2) is 0 Å². The molecule has 2 unspecified atom stereocenters. The Kier molecular flexibility index (Phi) is 5.70. The Morgan fingerprint density at radius 3 is 2.67 bits per heavy atom. The highest BCUT2D eigenvalue weighted by Crippen LogP contribution is 2.16. The van der Waals surface area contributed by atoms with Gasteiger partial charge in [0.2, 0.25) is 5.91 Å². The molecule has 0 aliphatic rings. The first-order valence-electron chi connectivity index (χ1n) is 5.71. The number of aliphatic hydroxyl groups excluding tert-OH is 3. The Bertz CT molecular complexity index is 380. The third kappa shape index (κ3) is 4.40. The van der Waals surface area contributed by atoms with E-state index in [1.807, 2.05) is 0 Å². The van der Waals surface area contributed by atoms with Crippen molar-refractivity contribution < 1.29 is 20.1 Å². The number of carbonyl (C=O) groups is 1. The molecule has 2 atom stereocenters. The molecule has 0 saturated heterocycles. The van der Waals surface area contributed by atoms with Crippen LogP contribution in [0, 0.1) is 0 Å². The van der Waals surface area contributed by atoms with Crippen LogP contribution in [0.1, 0.15) is 30.7 Å². The third-order valence-electron chi connectivity index (χ3n) is 2.51. The molecular weight excluding hydrogens is 236 g/mol. The number of amides is 1. The minimum atomic E-state index is -1.11. The maximum atomic E-state index is 10.6. The smallest absolute Gasteiger partial charge is 0.216 e. The lowest BCUT2D eigenvalue weighted by Crippen LogP contribution is -2.28. The Morgan fingerprint density at radius 2 is 2.17 bits per heavy atom. The van der Waals surface area contributed by atoms with Gasteiger partial charge < -0.3 is 20.6 Å². The predicted octanol–water partition coefficient (Wildman–Crippen LogP) is -0.506. The van der Waals surface area contributed by atoms with Crippen LogP contribution in [-0.4, -0.2) is 38.9 Å². The summed E-state index contributed by atoms with van der Waals surface area (Å²) in [7, 11) is 0. The van der Waals surface area contributed by atoms with Crippen molar-refractivity contribution >= 4 is 5.91 Å². The van der Waals surface area contributed by atoms with Crippen LogP contribution in [0.25, 0.3) is 0 Å². The minimum absolute atomic E-state index is 0.117. The minimum Gasteiger partial charge on any atom is -0.392 e. The molecule has 0 aromatic carbocycles. The van der Waals surface area contributed by atoms with Crippen LogP contribution in [0.4, 0.5) is 0 Å². The zero-order chi connectivity index (χ0) is 13.5. The predicted molar refractivity (Wildman–Crippen MR) is 64.4 cm³/mol. The molecule has 6 heteroatoms. The van der Waals surface area contributed by atoms with Crippen molar-refractivity contribution in [2.75, 3.05) is 6.54 Å². The van der Waals surface area contributed by atoms with Crippen LogP contribution in [0.3, 0.4) is 0 Å². The number of aromatic nitrogens is 1. The number of rotatable bonds is 6. The van der Waals surface area contributed by atoms with E-state index in [9.17, 15) is 15.0 Å². The van der Waals surface area contributed by atoms with E-state index in [1.165, 1.54) is 13.1 Å². The summed E-state index contributed by atoms with van der Waals surface area (Å²) in [6.45, 7) is 1.56. The normalized spacial score (nSPS) is 14.0. The van der Waals surface area contributed by atoms with Crippen molar-refractivity contribution in [1.29, 1.82) is 0 Å². The van der Waals surface area contributed by atoms with Gasteiger partial charge in [0.05, 0.1) is 18.4 Å². The first-order chi connectivity index (χ1) is 8.54. The van der Waals surface area contributed by atoms with Crippen molar-refractivity contribution in [3.8, 4) is 0 Å². The summed E-state index contributed by atoms with van der Waals surface area (Å²) in [5, 5.41) is 30.9. The molecule has 1 heterocycles. The summed E-state index contributed by atoms with van der Waals surface area (Å²) in [4.78, 5) is 14.6. The van der Waals surface area contributed by atoms with Crippen LogP contribution in [0.15, 0.2) is 18.3 Å². The number of carbonyl (C=O) groups excluding carboxylic acids is 1. The van der Waals surface area contributed by atoms with Crippen LogP contribution in [0.5, 0.6) is 0 Å². The molecule has 1 rings (SSSR count). The Balaban J connectivity index is 2.51. The maximum absolute atomic E-state index is 10.6. The number of nitrogens with zero attached hydrogens (tertiary/aromatic N) is 1. The number of hydrogen-bond acceptors (Lipinski definition) is 5. The Labute approximate surface area is 105 Å². The highest BCUT2D eigenvalue weighted by Gasteiger charge is 2.19. The van der Waals surface area contributed by atoms with Crippen LogP contribution >= 0.6 is 0 Å². The molecule has 0 spiro atoms. The quantitative estimate of drug-likeness (QED) is 0.548. The molecule has 0 saturated carbocycles. The average Bonchev–Trinajstić information content (AvgIpc) is 2.37. The molecule has 0 fully saturated rings. The van der Waals surface area contributed by atoms with Gasteiger partial charge in [-0.1, -0.05) is 6.07 Å². The number of pyridine rings is 1. The lowest BCUT2D eigenvalue weighted by molar-refractivity contribution is -0.119.